The number of carbonyl (C=O) groups excluding carboxylic acids is 2. The van der Waals surface area contributed by atoms with Crippen LogP contribution in [0, 0.1) is 16.0 Å². The third-order valence-corrected chi connectivity index (χ3v) is 6.14. The molecule has 2 N–H and O–H groups in total. The predicted molar refractivity (Wildman–Crippen MR) is 122 cm³/mol. The zero-order valence-electron chi connectivity index (χ0n) is 17.7. The summed E-state index contributed by atoms with van der Waals surface area (Å²) >= 11 is 5.84. The topological polar surface area (TPSA) is 108 Å². The van der Waals surface area contributed by atoms with Crippen molar-refractivity contribution in [1.29, 1.82) is 0 Å². The highest BCUT2D eigenvalue weighted by atomic mass is 35.5. The van der Waals surface area contributed by atoms with Crippen LogP contribution in [0.4, 0.5) is 5.69 Å². The zero-order chi connectivity index (χ0) is 23.0. The summed E-state index contributed by atoms with van der Waals surface area (Å²) in [4.78, 5) is 41.9. The van der Waals surface area contributed by atoms with Gasteiger partial charge in [0.25, 0.3) is 11.6 Å². The standard InChI is InChI=1S/C23H23ClN4O4/c1-13(2)21(26-22(29)14-7-8-17(24)20(11-14)28(31)32)23(30)27-10-9-19-16(12-27)15-5-3-4-6-18(15)25-19/h3-8,11,13,21,25H,9-10,12H2,1-2H3,(H,26,29). The van der Waals surface area contributed by atoms with E-state index in [1.54, 1.807) is 4.90 Å². The molecule has 2 heterocycles. The Balaban J connectivity index is 1.54. The van der Waals surface area contributed by atoms with Gasteiger partial charge in [0, 0.05) is 53.3 Å². The fourth-order valence-electron chi connectivity index (χ4n) is 4.08. The minimum Gasteiger partial charge on any atom is -0.358 e. The van der Waals surface area contributed by atoms with Crippen LogP contribution >= 0.6 is 11.6 Å². The van der Waals surface area contributed by atoms with Crippen LogP contribution in [0.3, 0.4) is 0 Å². The highest BCUT2D eigenvalue weighted by Crippen LogP contribution is 2.28. The number of fused-ring (bicyclic) bond motifs is 3. The lowest BCUT2D eigenvalue weighted by molar-refractivity contribution is -0.384. The molecule has 0 radical (unpaired) electrons. The molecule has 32 heavy (non-hydrogen) atoms. The van der Waals surface area contributed by atoms with Gasteiger partial charge in [-0.05, 0) is 24.1 Å². The third kappa shape index (κ3) is 4.05. The van der Waals surface area contributed by atoms with Crippen LogP contribution in [0.2, 0.25) is 5.02 Å². The number of rotatable bonds is 5. The van der Waals surface area contributed by atoms with Gasteiger partial charge in [0.2, 0.25) is 5.91 Å². The van der Waals surface area contributed by atoms with Crippen LogP contribution in [-0.2, 0) is 17.8 Å². The largest absolute Gasteiger partial charge is 0.358 e. The van der Waals surface area contributed by atoms with E-state index in [9.17, 15) is 19.7 Å². The van der Waals surface area contributed by atoms with Gasteiger partial charge < -0.3 is 15.2 Å². The first kappa shape index (κ1) is 21.8. The van der Waals surface area contributed by atoms with Gasteiger partial charge in [-0.25, -0.2) is 0 Å². The maximum atomic E-state index is 13.4. The fourth-order valence-corrected chi connectivity index (χ4v) is 4.27. The first-order valence-electron chi connectivity index (χ1n) is 10.4. The molecule has 0 bridgehead atoms. The quantitative estimate of drug-likeness (QED) is 0.447. The van der Waals surface area contributed by atoms with E-state index in [-0.39, 0.29) is 28.1 Å². The lowest BCUT2D eigenvalue weighted by Crippen LogP contribution is -2.52. The third-order valence-electron chi connectivity index (χ3n) is 5.82. The van der Waals surface area contributed by atoms with Crippen LogP contribution in [0.5, 0.6) is 0 Å². The molecule has 166 valence electrons. The van der Waals surface area contributed by atoms with Gasteiger partial charge in [-0.3, -0.25) is 19.7 Å². The Morgan fingerprint density at radius 2 is 1.97 bits per heavy atom. The molecule has 0 spiro atoms. The van der Waals surface area contributed by atoms with Crippen LogP contribution in [0.15, 0.2) is 42.5 Å². The molecule has 3 aromatic rings. The average Bonchev–Trinajstić information content (AvgIpc) is 3.14. The van der Waals surface area contributed by atoms with E-state index in [0.29, 0.717) is 19.5 Å². The van der Waals surface area contributed by atoms with Crippen molar-refractivity contribution in [1.82, 2.24) is 15.2 Å². The van der Waals surface area contributed by atoms with Gasteiger partial charge in [-0.15, -0.1) is 0 Å². The Bertz CT molecular complexity index is 1220. The minimum absolute atomic E-state index is 0.0501. The molecule has 4 rings (SSSR count). The summed E-state index contributed by atoms with van der Waals surface area (Å²) in [5, 5.41) is 15.0. The Hall–Kier alpha value is -3.39. The lowest BCUT2D eigenvalue weighted by atomic mass is 9.99. The Labute approximate surface area is 189 Å². The smallest absolute Gasteiger partial charge is 0.288 e. The van der Waals surface area contributed by atoms with Gasteiger partial charge in [-0.1, -0.05) is 43.6 Å². The summed E-state index contributed by atoms with van der Waals surface area (Å²) in [6, 6.07) is 11.1. The number of H-pyrrole nitrogens is 1. The molecular formula is C23H23ClN4O4. The minimum atomic E-state index is -0.760. The molecule has 0 aliphatic carbocycles. The number of aromatic amines is 1. The Morgan fingerprint density at radius 3 is 2.69 bits per heavy atom. The summed E-state index contributed by atoms with van der Waals surface area (Å²) in [7, 11) is 0. The highest BCUT2D eigenvalue weighted by molar-refractivity contribution is 6.32. The molecule has 0 saturated heterocycles. The predicted octanol–water partition coefficient (Wildman–Crippen LogP) is 4.07. The van der Waals surface area contributed by atoms with E-state index >= 15 is 0 Å². The SMILES string of the molecule is CC(C)C(NC(=O)c1ccc(Cl)c([N+](=O)[O-])c1)C(=O)N1CCc2[nH]c3ccccc3c2C1. The van der Waals surface area contributed by atoms with Crippen molar-refractivity contribution in [2.75, 3.05) is 6.54 Å². The molecule has 1 aliphatic heterocycles. The molecule has 1 aromatic heterocycles. The normalized spacial score (nSPS) is 14.3. The van der Waals surface area contributed by atoms with Gasteiger partial charge in [0.1, 0.15) is 11.1 Å². The fraction of sp³-hybridized carbons (Fsp3) is 0.304. The molecule has 2 aromatic carbocycles. The number of amides is 2. The van der Waals surface area contributed by atoms with E-state index in [1.165, 1.54) is 12.1 Å². The molecule has 0 saturated carbocycles. The number of aromatic nitrogens is 1. The second-order valence-electron chi connectivity index (χ2n) is 8.26. The number of nitro benzene ring substituents is 1. The molecule has 2 amide bonds. The summed E-state index contributed by atoms with van der Waals surface area (Å²) in [5.41, 5.74) is 3.01. The van der Waals surface area contributed by atoms with E-state index in [4.69, 9.17) is 11.6 Å². The number of carbonyl (C=O) groups is 2. The van der Waals surface area contributed by atoms with Crippen molar-refractivity contribution in [3.63, 3.8) is 0 Å². The number of benzene rings is 2. The Kier molecular flexibility index (Phi) is 5.88. The summed E-state index contributed by atoms with van der Waals surface area (Å²) in [6.07, 6.45) is 0.706. The van der Waals surface area contributed by atoms with E-state index in [0.717, 1.165) is 28.2 Å². The van der Waals surface area contributed by atoms with Crippen LogP contribution in [0.25, 0.3) is 10.9 Å². The number of para-hydroxylation sites is 1. The first-order valence-corrected chi connectivity index (χ1v) is 10.8. The van der Waals surface area contributed by atoms with Gasteiger partial charge in [-0.2, -0.15) is 0 Å². The maximum Gasteiger partial charge on any atom is 0.288 e. The van der Waals surface area contributed by atoms with Crippen LogP contribution < -0.4 is 5.32 Å². The lowest BCUT2D eigenvalue weighted by Gasteiger charge is -2.32. The summed E-state index contributed by atoms with van der Waals surface area (Å²) < 4.78 is 0. The number of halogens is 1. The zero-order valence-corrected chi connectivity index (χ0v) is 18.5. The van der Waals surface area contributed by atoms with Crippen molar-refractivity contribution < 1.29 is 14.5 Å². The van der Waals surface area contributed by atoms with Gasteiger partial charge in [0.15, 0.2) is 0 Å². The van der Waals surface area contributed by atoms with E-state index in [2.05, 4.69) is 10.3 Å². The van der Waals surface area contributed by atoms with Crippen molar-refractivity contribution in [2.45, 2.75) is 32.9 Å². The maximum absolute atomic E-state index is 13.4. The summed E-state index contributed by atoms with van der Waals surface area (Å²) in [6.45, 7) is 4.72. The van der Waals surface area contributed by atoms with Crippen molar-refractivity contribution in [2.24, 2.45) is 5.92 Å². The second kappa shape index (κ2) is 8.63. The van der Waals surface area contributed by atoms with Crippen molar-refractivity contribution >= 4 is 40.0 Å². The molecule has 0 fully saturated rings. The molecule has 9 heteroatoms. The number of nitro groups is 1. The molecule has 1 unspecified atom stereocenters. The van der Waals surface area contributed by atoms with Crippen molar-refractivity contribution in [3.8, 4) is 0 Å². The van der Waals surface area contributed by atoms with Crippen molar-refractivity contribution in [3.05, 3.63) is 74.4 Å². The molecule has 1 atom stereocenters. The van der Waals surface area contributed by atoms with Crippen LogP contribution in [-0.4, -0.2) is 39.2 Å². The number of nitrogens with one attached hydrogen (secondary N) is 2. The average molecular weight is 455 g/mol. The number of hydrogen-bond donors (Lipinski definition) is 2. The summed E-state index contributed by atoms with van der Waals surface area (Å²) in [5.74, 6) is -0.896. The van der Waals surface area contributed by atoms with Gasteiger partial charge >= 0.3 is 0 Å². The molecule has 1 aliphatic rings. The number of nitrogens with zero attached hydrogens (tertiary/aromatic N) is 2. The van der Waals surface area contributed by atoms with E-state index < -0.39 is 16.9 Å². The van der Waals surface area contributed by atoms with Crippen LogP contribution in [0.1, 0.15) is 35.5 Å². The Morgan fingerprint density at radius 1 is 1.22 bits per heavy atom. The number of hydrogen-bond acceptors (Lipinski definition) is 4. The first-order chi connectivity index (χ1) is 15.3. The molecular weight excluding hydrogens is 432 g/mol. The van der Waals surface area contributed by atoms with E-state index in [1.807, 2.05) is 38.1 Å². The monoisotopic (exact) mass is 454 g/mol. The van der Waals surface area contributed by atoms with Gasteiger partial charge in [0.05, 0.1) is 4.92 Å². The molecule has 8 nitrogen and oxygen atoms in total. The highest BCUT2D eigenvalue weighted by Gasteiger charge is 2.32. The second-order valence-corrected chi connectivity index (χ2v) is 8.66.